The number of fused-ring (bicyclic) bond motifs is 1. The molecule has 0 radical (unpaired) electrons. The van der Waals surface area contributed by atoms with E-state index in [2.05, 4.69) is 10.3 Å². The van der Waals surface area contributed by atoms with E-state index in [-0.39, 0.29) is 27.8 Å². The summed E-state index contributed by atoms with van der Waals surface area (Å²) in [7, 11) is -1.41. The van der Waals surface area contributed by atoms with Crippen molar-refractivity contribution in [2.75, 3.05) is 28.7 Å². The summed E-state index contributed by atoms with van der Waals surface area (Å²) in [6.07, 6.45) is 0.479. The molecular formula is C19H22N4O6S. The van der Waals surface area contributed by atoms with Crippen LogP contribution in [0.5, 0.6) is 5.88 Å². The minimum absolute atomic E-state index is 0.0533. The van der Waals surface area contributed by atoms with Gasteiger partial charge in [0.1, 0.15) is 16.2 Å². The van der Waals surface area contributed by atoms with Crippen molar-refractivity contribution < 1.29 is 27.5 Å². The molecule has 3 rings (SSSR count). The van der Waals surface area contributed by atoms with Gasteiger partial charge in [0, 0.05) is 7.05 Å². The van der Waals surface area contributed by atoms with Gasteiger partial charge in [-0.15, -0.1) is 0 Å². The molecule has 0 atom stereocenters. The molecule has 160 valence electrons. The zero-order chi connectivity index (χ0) is 22.3. The molecule has 2 aromatic rings. The Bertz CT molecular complexity index is 1110. The van der Waals surface area contributed by atoms with Crippen molar-refractivity contribution in [3.05, 3.63) is 36.5 Å². The number of hydrogen-bond donors (Lipinski definition) is 1. The summed E-state index contributed by atoms with van der Waals surface area (Å²) in [5.41, 5.74) is -0.491. The fraction of sp³-hybridized carbons (Fsp3) is 0.316. The predicted octanol–water partition coefficient (Wildman–Crippen LogP) is 3.20. The molecular weight excluding hydrogens is 412 g/mol. The molecule has 10 nitrogen and oxygen atoms in total. The molecule has 1 aromatic carbocycles. The number of para-hydroxylation sites is 1. The van der Waals surface area contributed by atoms with Crippen LogP contribution in [-0.4, -0.2) is 45.3 Å². The molecule has 0 aliphatic carbocycles. The van der Waals surface area contributed by atoms with E-state index in [1.165, 1.54) is 38.6 Å². The van der Waals surface area contributed by atoms with Gasteiger partial charge >= 0.3 is 12.1 Å². The zero-order valence-corrected chi connectivity index (χ0v) is 18.0. The predicted molar refractivity (Wildman–Crippen MR) is 111 cm³/mol. The Kier molecular flexibility index (Phi) is 5.33. The van der Waals surface area contributed by atoms with Crippen LogP contribution in [0.3, 0.4) is 0 Å². The molecule has 0 bridgehead atoms. The first-order valence-electron chi connectivity index (χ1n) is 8.92. The Morgan fingerprint density at radius 2 is 1.90 bits per heavy atom. The standard InChI is InChI=1S/C19H22N4O6S/c1-19(2,3)29-18(25)22(4)14-10-12(11-20-16(14)28-5)23-17(24)21-13-8-6-7-9-15(13)30(23,26)27/h6-11H,1-5H3,(H,21,24). The number of urea groups is 1. The topological polar surface area (TPSA) is 118 Å². The summed E-state index contributed by atoms with van der Waals surface area (Å²) in [6, 6.07) is 6.51. The number of pyridine rings is 1. The van der Waals surface area contributed by atoms with Gasteiger partial charge in [-0.1, -0.05) is 12.1 Å². The highest BCUT2D eigenvalue weighted by atomic mass is 32.2. The van der Waals surface area contributed by atoms with Gasteiger partial charge in [-0.25, -0.2) is 23.0 Å². The molecule has 0 unspecified atom stereocenters. The van der Waals surface area contributed by atoms with Crippen LogP contribution in [0.15, 0.2) is 41.4 Å². The number of anilines is 3. The maximum atomic E-state index is 13.1. The number of sulfonamides is 1. The number of methoxy groups -OCH3 is 1. The van der Waals surface area contributed by atoms with Gasteiger partial charge in [0.2, 0.25) is 5.88 Å². The normalized spacial score (nSPS) is 15.1. The number of hydrogen-bond acceptors (Lipinski definition) is 7. The second-order valence-corrected chi connectivity index (χ2v) is 9.21. The molecule has 3 amide bonds. The quantitative estimate of drug-likeness (QED) is 0.788. The van der Waals surface area contributed by atoms with E-state index in [0.29, 0.717) is 4.31 Å². The number of nitrogens with zero attached hydrogens (tertiary/aromatic N) is 3. The summed E-state index contributed by atoms with van der Waals surface area (Å²) in [6.45, 7) is 5.15. The number of aromatic nitrogens is 1. The molecule has 0 saturated carbocycles. The number of nitrogens with one attached hydrogen (secondary N) is 1. The Morgan fingerprint density at radius 1 is 1.23 bits per heavy atom. The lowest BCUT2D eigenvalue weighted by atomic mass is 10.2. The van der Waals surface area contributed by atoms with Crippen molar-refractivity contribution in [1.82, 2.24) is 4.98 Å². The molecule has 30 heavy (non-hydrogen) atoms. The first-order valence-corrected chi connectivity index (χ1v) is 10.4. The molecule has 0 saturated heterocycles. The maximum absolute atomic E-state index is 13.1. The Morgan fingerprint density at radius 3 is 2.53 bits per heavy atom. The minimum atomic E-state index is -4.19. The highest BCUT2D eigenvalue weighted by Crippen LogP contribution is 2.36. The Balaban J connectivity index is 2.07. The van der Waals surface area contributed by atoms with Gasteiger partial charge in [-0.05, 0) is 39.0 Å². The van der Waals surface area contributed by atoms with Crippen molar-refractivity contribution in [3.63, 3.8) is 0 Å². The summed E-state index contributed by atoms with van der Waals surface area (Å²) < 4.78 is 37.3. The van der Waals surface area contributed by atoms with Crippen molar-refractivity contribution in [2.24, 2.45) is 0 Å². The lowest BCUT2D eigenvalue weighted by Gasteiger charge is -2.29. The summed E-state index contributed by atoms with van der Waals surface area (Å²) >= 11 is 0. The Hall–Kier alpha value is -3.34. The number of ether oxygens (including phenoxy) is 2. The van der Waals surface area contributed by atoms with E-state index in [1.54, 1.807) is 32.9 Å². The van der Waals surface area contributed by atoms with Crippen molar-refractivity contribution in [1.29, 1.82) is 0 Å². The fourth-order valence-corrected chi connectivity index (χ4v) is 4.28. The average Bonchev–Trinajstić information content (AvgIpc) is 2.65. The molecule has 1 aromatic heterocycles. The third-order valence-corrected chi connectivity index (χ3v) is 5.87. The van der Waals surface area contributed by atoms with Crippen LogP contribution in [0.4, 0.5) is 26.7 Å². The monoisotopic (exact) mass is 434 g/mol. The largest absolute Gasteiger partial charge is 0.480 e. The fourth-order valence-electron chi connectivity index (χ4n) is 2.79. The highest BCUT2D eigenvalue weighted by Gasteiger charge is 2.38. The first kappa shape index (κ1) is 21.4. The van der Waals surface area contributed by atoms with Crippen LogP contribution < -0.4 is 19.3 Å². The van der Waals surface area contributed by atoms with Crippen molar-refractivity contribution in [3.8, 4) is 5.88 Å². The van der Waals surface area contributed by atoms with Crippen molar-refractivity contribution in [2.45, 2.75) is 31.3 Å². The van der Waals surface area contributed by atoms with Gasteiger partial charge in [-0.3, -0.25) is 4.90 Å². The van der Waals surface area contributed by atoms with Gasteiger partial charge in [0.15, 0.2) is 0 Å². The molecule has 2 heterocycles. The smallest absolute Gasteiger partial charge is 0.414 e. The molecule has 11 heteroatoms. The van der Waals surface area contributed by atoms with Gasteiger partial charge in [-0.2, -0.15) is 4.31 Å². The number of benzene rings is 1. The van der Waals surface area contributed by atoms with E-state index in [1.807, 2.05) is 0 Å². The lowest BCUT2D eigenvalue weighted by molar-refractivity contribution is 0.0588. The minimum Gasteiger partial charge on any atom is -0.480 e. The van der Waals surface area contributed by atoms with E-state index >= 15 is 0 Å². The van der Waals surface area contributed by atoms with E-state index < -0.39 is 27.7 Å². The van der Waals surface area contributed by atoms with Crippen LogP contribution in [0, 0.1) is 0 Å². The number of rotatable bonds is 3. The lowest BCUT2D eigenvalue weighted by Crippen LogP contribution is -2.44. The molecule has 0 spiro atoms. The van der Waals surface area contributed by atoms with E-state index in [9.17, 15) is 18.0 Å². The summed E-state index contributed by atoms with van der Waals surface area (Å²) in [4.78, 5) is 30.2. The number of carbonyl (C=O) groups excluding carboxylic acids is 2. The maximum Gasteiger partial charge on any atom is 0.414 e. The second-order valence-electron chi connectivity index (χ2n) is 7.46. The van der Waals surface area contributed by atoms with Gasteiger partial charge in [0.05, 0.1) is 24.7 Å². The third-order valence-electron chi connectivity index (χ3n) is 4.11. The van der Waals surface area contributed by atoms with Crippen LogP contribution in [0.2, 0.25) is 0 Å². The Labute approximate surface area is 174 Å². The summed E-state index contributed by atoms with van der Waals surface area (Å²) in [5, 5.41) is 2.54. The molecule has 0 fully saturated rings. The van der Waals surface area contributed by atoms with Gasteiger partial charge < -0.3 is 14.8 Å². The molecule has 1 N–H and O–H groups in total. The first-order chi connectivity index (χ1) is 14.0. The zero-order valence-electron chi connectivity index (χ0n) is 17.2. The van der Waals surface area contributed by atoms with E-state index in [0.717, 1.165) is 4.90 Å². The van der Waals surface area contributed by atoms with Crippen LogP contribution in [0.1, 0.15) is 20.8 Å². The molecule has 1 aliphatic rings. The van der Waals surface area contributed by atoms with E-state index in [4.69, 9.17) is 9.47 Å². The SMILES string of the molecule is COc1ncc(N2C(=O)Nc3ccccc3S2(=O)=O)cc1N(C)C(=O)OC(C)(C)C. The third kappa shape index (κ3) is 3.88. The number of amides is 3. The summed E-state index contributed by atoms with van der Waals surface area (Å²) in [5.74, 6) is 0.0577. The van der Waals surface area contributed by atoms with Crippen LogP contribution in [-0.2, 0) is 14.8 Å². The van der Waals surface area contributed by atoms with Crippen LogP contribution in [0.25, 0.3) is 0 Å². The van der Waals surface area contributed by atoms with Gasteiger partial charge in [0.25, 0.3) is 10.0 Å². The van der Waals surface area contributed by atoms with Crippen LogP contribution >= 0.6 is 0 Å². The number of carbonyl (C=O) groups is 2. The second kappa shape index (κ2) is 7.48. The molecule has 1 aliphatic heterocycles. The average molecular weight is 434 g/mol. The highest BCUT2D eigenvalue weighted by molar-refractivity contribution is 7.94. The van der Waals surface area contributed by atoms with Crippen molar-refractivity contribution >= 4 is 39.2 Å².